The van der Waals surface area contributed by atoms with Crippen molar-refractivity contribution >= 4 is 5.82 Å². The van der Waals surface area contributed by atoms with Gasteiger partial charge in [-0.25, -0.2) is 9.48 Å². The Balaban J connectivity index is 1.68. The Morgan fingerprint density at radius 1 is 1.26 bits per heavy atom. The third-order valence-electron chi connectivity index (χ3n) is 4.60. The molecule has 0 bridgehead atoms. The zero-order valence-electron chi connectivity index (χ0n) is 16.3. The Bertz CT molecular complexity index is 808. The minimum absolute atomic E-state index is 0.0297. The van der Waals surface area contributed by atoms with Crippen LogP contribution in [0.25, 0.3) is 0 Å². The molecule has 0 amide bonds. The third kappa shape index (κ3) is 4.57. The van der Waals surface area contributed by atoms with Crippen molar-refractivity contribution in [2.45, 2.75) is 38.4 Å². The lowest BCUT2D eigenvalue weighted by atomic mass is 10.1. The molecule has 0 fully saturated rings. The fourth-order valence-corrected chi connectivity index (χ4v) is 3.10. The number of hydrogen-bond donors (Lipinski definition) is 1. The second-order valence-corrected chi connectivity index (χ2v) is 6.83. The number of aromatic nitrogens is 5. The van der Waals surface area contributed by atoms with E-state index in [1.165, 1.54) is 7.11 Å². The van der Waals surface area contributed by atoms with Gasteiger partial charge >= 0.3 is 11.7 Å². The van der Waals surface area contributed by atoms with Gasteiger partial charge in [-0.3, -0.25) is 4.57 Å². The molecule has 0 saturated heterocycles. The molecule has 148 valence electrons. The number of nitrogens with zero attached hydrogens (tertiary/aromatic N) is 6. The SMILES string of the molecule is COc1cc(NC2CCc3nn(CCN(C)C)c(=O)n3CC2)nc(OC)n1. The fraction of sp³-hybridized carbons (Fsp3) is 0.647. The molecule has 1 aliphatic rings. The second-order valence-electron chi connectivity index (χ2n) is 6.83. The Labute approximate surface area is 158 Å². The standard InChI is InChI=1S/C17H27N7O3/c1-22(2)9-10-24-17(25)23-8-7-12(5-6-14(23)21-24)18-13-11-15(26-3)20-16(19-13)27-4/h11-12H,5-10H2,1-4H3,(H,18,19,20). The molecule has 3 heterocycles. The van der Waals surface area contributed by atoms with Gasteiger partial charge < -0.3 is 19.7 Å². The van der Waals surface area contributed by atoms with E-state index in [0.717, 1.165) is 31.6 Å². The number of methoxy groups -OCH3 is 2. The summed E-state index contributed by atoms with van der Waals surface area (Å²) in [5.74, 6) is 1.93. The Kier molecular flexibility index (Phi) is 5.94. The van der Waals surface area contributed by atoms with Gasteiger partial charge in [0.05, 0.1) is 20.8 Å². The van der Waals surface area contributed by atoms with Crippen molar-refractivity contribution in [3.8, 4) is 11.9 Å². The van der Waals surface area contributed by atoms with Gasteiger partial charge in [0.25, 0.3) is 0 Å². The van der Waals surface area contributed by atoms with E-state index in [1.807, 2.05) is 19.0 Å². The summed E-state index contributed by atoms with van der Waals surface area (Å²) in [4.78, 5) is 23.0. The van der Waals surface area contributed by atoms with Crippen LogP contribution in [-0.2, 0) is 19.5 Å². The molecule has 1 atom stereocenters. The molecule has 3 rings (SSSR count). The average molecular weight is 377 g/mol. The average Bonchev–Trinajstić information content (AvgIpc) is 2.82. The topological polar surface area (TPSA) is 99.3 Å². The number of likely N-dealkylation sites (N-methyl/N-ethyl adjacent to an activating group) is 1. The van der Waals surface area contributed by atoms with Gasteiger partial charge in [0, 0.05) is 31.6 Å². The third-order valence-corrected chi connectivity index (χ3v) is 4.60. The van der Waals surface area contributed by atoms with Gasteiger partial charge in [-0.2, -0.15) is 15.1 Å². The van der Waals surface area contributed by atoms with Crippen LogP contribution in [0.1, 0.15) is 18.7 Å². The molecule has 1 aliphatic heterocycles. The lowest BCUT2D eigenvalue weighted by Crippen LogP contribution is -2.30. The van der Waals surface area contributed by atoms with Gasteiger partial charge in [0.2, 0.25) is 5.88 Å². The highest BCUT2D eigenvalue weighted by molar-refractivity contribution is 5.40. The van der Waals surface area contributed by atoms with Gasteiger partial charge in [-0.15, -0.1) is 0 Å². The van der Waals surface area contributed by atoms with E-state index in [2.05, 4.69) is 20.4 Å². The number of aryl methyl sites for hydroxylation is 1. The molecule has 1 unspecified atom stereocenters. The molecule has 10 heteroatoms. The quantitative estimate of drug-likeness (QED) is 0.732. The summed E-state index contributed by atoms with van der Waals surface area (Å²) in [5, 5.41) is 7.93. The van der Waals surface area contributed by atoms with Crippen LogP contribution in [0.5, 0.6) is 11.9 Å². The van der Waals surface area contributed by atoms with Gasteiger partial charge in [0.15, 0.2) is 0 Å². The van der Waals surface area contributed by atoms with E-state index < -0.39 is 0 Å². The Morgan fingerprint density at radius 2 is 2.07 bits per heavy atom. The highest BCUT2D eigenvalue weighted by atomic mass is 16.5. The first-order chi connectivity index (χ1) is 13.0. The van der Waals surface area contributed by atoms with Crippen molar-refractivity contribution in [1.82, 2.24) is 29.2 Å². The van der Waals surface area contributed by atoms with E-state index >= 15 is 0 Å². The van der Waals surface area contributed by atoms with Crippen molar-refractivity contribution in [2.24, 2.45) is 0 Å². The molecule has 10 nitrogen and oxygen atoms in total. The van der Waals surface area contributed by atoms with Crippen LogP contribution < -0.4 is 20.5 Å². The van der Waals surface area contributed by atoms with Gasteiger partial charge in [0.1, 0.15) is 11.6 Å². The summed E-state index contributed by atoms with van der Waals surface area (Å²) in [6.07, 6.45) is 2.40. The summed E-state index contributed by atoms with van der Waals surface area (Å²) in [6.45, 7) is 2.03. The molecular formula is C17H27N7O3. The van der Waals surface area contributed by atoms with E-state index in [4.69, 9.17) is 9.47 Å². The maximum atomic E-state index is 12.6. The van der Waals surface area contributed by atoms with E-state index in [-0.39, 0.29) is 17.7 Å². The normalized spacial score (nSPS) is 16.7. The number of fused-ring (bicyclic) bond motifs is 1. The molecule has 27 heavy (non-hydrogen) atoms. The first kappa shape index (κ1) is 19.2. The maximum Gasteiger partial charge on any atom is 0.345 e. The van der Waals surface area contributed by atoms with Crippen LogP contribution in [0.2, 0.25) is 0 Å². The molecule has 2 aromatic rings. The lowest BCUT2D eigenvalue weighted by molar-refractivity contribution is 0.352. The van der Waals surface area contributed by atoms with Crippen molar-refractivity contribution in [1.29, 1.82) is 0 Å². The molecule has 0 radical (unpaired) electrons. The van der Waals surface area contributed by atoms with E-state index in [0.29, 0.717) is 24.8 Å². The van der Waals surface area contributed by atoms with Crippen molar-refractivity contribution < 1.29 is 9.47 Å². The second kappa shape index (κ2) is 8.38. The minimum atomic E-state index is -0.0297. The first-order valence-electron chi connectivity index (χ1n) is 9.05. The Hall–Kier alpha value is -2.62. The molecular weight excluding hydrogens is 350 g/mol. The lowest BCUT2D eigenvalue weighted by Gasteiger charge is -2.17. The highest BCUT2D eigenvalue weighted by Gasteiger charge is 2.21. The van der Waals surface area contributed by atoms with E-state index in [1.54, 1.807) is 22.4 Å². The van der Waals surface area contributed by atoms with Crippen LogP contribution in [-0.4, -0.2) is 70.1 Å². The predicted octanol–water partition coefficient (Wildman–Crippen LogP) is 0.231. The summed E-state index contributed by atoms with van der Waals surface area (Å²) < 4.78 is 13.7. The fourth-order valence-electron chi connectivity index (χ4n) is 3.10. The van der Waals surface area contributed by atoms with Crippen LogP contribution in [0.4, 0.5) is 5.82 Å². The molecule has 0 spiro atoms. The van der Waals surface area contributed by atoms with Crippen LogP contribution >= 0.6 is 0 Å². The van der Waals surface area contributed by atoms with Crippen LogP contribution in [0.15, 0.2) is 10.9 Å². The summed E-state index contributed by atoms with van der Waals surface area (Å²) >= 11 is 0. The maximum absolute atomic E-state index is 12.6. The highest BCUT2D eigenvalue weighted by Crippen LogP contribution is 2.21. The zero-order valence-corrected chi connectivity index (χ0v) is 16.3. The smallest absolute Gasteiger partial charge is 0.345 e. The molecule has 0 aliphatic carbocycles. The molecule has 0 aromatic carbocycles. The number of rotatable bonds is 7. The van der Waals surface area contributed by atoms with Crippen LogP contribution in [0.3, 0.4) is 0 Å². The zero-order chi connectivity index (χ0) is 19.4. The van der Waals surface area contributed by atoms with Crippen molar-refractivity contribution in [2.75, 3.05) is 40.2 Å². The van der Waals surface area contributed by atoms with Gasteiger partial charge in [-0.1, -0.05) is 0 Å². The van der Waals surface area contributed by atoms with Crippen molar-refractivity contribution in [3.05, 3.63) is 22.4 Å². The summed E-state index contributed by atoms with van der Waals surface area (Å²) in [6, 6.07) is 2.16. The largest absolute Gasteiger partial charge is 0.481 e. The monoisotopic (exact) mass is 377 g/mol. The number of hydrogen-bond acceptors (Lipinski definition) is 8. The number of anilines is 1. The predicted molar refractivity (Wildman–Crippen MR) is 101 cm³/mol. The minimum Gasteiger partial charge on any atom is -0.481 e. The summed E-state index contributed by atoms with van der Waals surface area (Å²) in [7, 11) is 7.04. The molecule has 1 N–H and O–H groups in total. The van der Waals surface area contributed by atoms with E-state index in [9.17, 15) is 4.79 Å². The van der Waals surface area contributed by atoms with Crippen molar-refractivity contribution in [3.63, 3.8) is 0 Å². The Morgan fingerprint density at radius 3 is 2.78 bits per heavy atom. The van der Waals surface area contributed by atoms with Gasteiger partial charge in [-0.05, 0) is 26.9 Å². The molecule has 0 saturated carbocycles. The first-order valence-corrected chi connectivity index (χ1v) is 9.05. The number of ether oxygens (including phenoxy) is 2. The van der Waals surface area contributed by atoms with Crippen LogP contribution in [0, 0.1) is 0 Å². The summed E-state index contributed by atoms with van der Waals surface area (Å²) in [5.41, 5.74) is -0.0297. The molecule has 2 aromatic heterocycles. The number of nitrogens with one attached hydrogen (secondary N) is 1.